The fourth-order valence-electron chi connectivity index (χ4n) is 3.83. The zero-order chi connectivity index (χ0) is 20.2. The van der Waals surface area contributed by atoms with Crippen LogP contribution in [0.5, 0.6) is 5.75 Å². The van der Waals surface area contributed by atoms with E-state index in [1.807, 2.05) is 7.05 Å². The number of aromatic carboxylic acids is 1. The maximum Gasteiger partial charge on any atom is 0.341 e. The second kappa shape index (κ2) is 6.73. The number of ether oxygens (including phenoxy) is 1. The van der Waals surface area contributed by atoms with Gasteiger partial charge in [0.2, 0.25) is 5.43 Å². The molecule has 3 N–H and O–H groups in total. The van der Waals surface area contributed by atoms with E-state index in [0.717, 1.165) is 25.6 Å². The minimum absolute atomic E-state index is 0.0377. The van der Waals surface area contributed by atoms with Gasteiger partial charge in [0.15, 0.2) is 17.4 Å². The van der Waals surface area contributed by atoms with Crippen LogP contribution in [-0.2, 0) is 0 Å². The maximum atomic E-state index is 15.3. The van der Waals surface area contributed by atoms with Crippen LogP contribution in [-0.4, -0.2) is 46.8 Å². The number of rotatable bonds is 5. The molecule has 28 heavy (non-hydrogen) atoms. The first-order chi connectivity index (χ1) is 13.3. The first-order valence-electron chi connectivity index (χ1n) is 9.22. The van der Waals surface area contributed by atoms with Crippen LogP contribution in [0.3, 0.4) is 0 Å². The molecule has 2 aliphatic rings. The number of likely N-dealkylation sites (N-methyl/N-ethyl adjacent to an activating group) is 1. The second-order valence-corrected chi connectivity index (χ2v) is 7.50. The molecule has 0 radical (unpaired) electrons. The maximum absolute atomic E-state index is 15.3. The van der Waals surface area contributed by atoms with Crippen molar-refractivity contribution in [3.8, 4) is 5.75 Å². The Morgan fingerprint density at radius 2 is 2.04 bits per heavy atom. The van der Waals surface area contributed by atoms with E-state index in [9.17, 15) is 19.1 Å². The Morgan fingerprint density at radius 3 is 2.61 bits per heavy atom. The van der Waals surface area contributed by atoms with E-state index in [0.29, 0.717) is 12.8 Å². The first kappa shape index (κ1) is 18.7. The second-order valence-electron chi connectivity index (χ2n) is 7.50. The number of nitrogens with two attached hydrogens (primary N) is 1. The highest BCUT2D eigenvalue weighted by Gasteiger charge is 2.32. The molecule has 0 unspecified atom stereocenters. The summed E-state index contributed by atoms with van der Waals surface area (Å²) in [5.41, 5.74) is 3.46. The Morgan fingerprint density at radius 1 is 1.32 bits per heavy atom. The fourth-order valence-corrected chi connectivity index (χ4v) is 3.83. The molecule has 1 aromatic heterocycles. The zero-order valence-electron chi connectivity index (χ0n) is 15.4. The predicted molar refractivity (Wildman–Crippen MR) is 98.9 cm³/mol. The SMILES string of the molecule is CN1CCC[C@H]1COc1c(F)c(N)c2c(=O)c(C(=O)O)cn(C3CC3)c2c1F. The number of likely N-dealkylation sites (tertiary alicyclic amines) is 1. The van der Waals surface area contributed by atoms with Gasteiger partial charge in [-0.3, -0.25) is 4.79 Å². The van der Waals surface area contributed by atoms with Gasteiger partial charge in [-0.1, -0.05) is 0 Å². The van der Waals surface area contributed by atoms with Crippen molar-refractivity contribution in [2.45, 2.75) is 37.8 Å². The number of nitrogen functional groups attached to an aromatic ring is 1. The van der Waals surface area contributed by atoms with Crippen LogP contribution < -0.4 is 15.9 Å². The van der Waals surface area contributed by atoms with Crippen LogP contribution >= 0.6 is 0 Å². The van der Waals surface area contributed by atoms with Gasteiger partial charge in [0, 0.05) is 18.3 Å². The van der Waals surface area contributed by atoms with Gasteiger partial charge in [-0.15, -0.1) is 0 Å². The number of hydrogen-bond donors (Lipinski definition) is 2. The number of hydrogen-bond acceptors (Lipinski definition) is 5. The molecule has 1 aliphatic carbocycles. The number of anilines is 1. The number of fused-ring (bicyclic) bond motifs is 1. The van der Waals surface area contributed by atoms with E-state index in [4.69, 9.17) is 10.5 Å². The van der Waals surface area contributed by atoms with Crippen LogP contribution in [0.4, 0.5) is 14.5 Å². The smallest absolute Gasteiger partial charge is 0.341 e. The highest BCUT2D eigenvalue weighted by atomic mass is 19.1. The molecular formula is C19H21F2N3O4. The average Bonchev–Trinajstić information content (AvgIpc) is 3.41. The molecule has 2 aromatic rings. The van der Waals surface area contributed by atoms with Crippen LogP contribution in [0.25, 0.3) is 10.9 Å². The molecule has 1 saturated heterocycles. The van der Waals surface area contributed by atoms with Crippen LogP contribution in [0.2, 0.25) is 0 Å². The Kier molecular flexibility index (Phi) is 4.49. The molecule has 7 nitrogen and oxygen atoms in total. The van der Waals surface area contributed by atoms with Gasteiger partial charge >= 0.3 is 5.97 Å². The van der Waals surface area contributed by atoms with Crippen molar-refractivity contribution < 1.29 is 23.4 Å². The normalized spacial score (nSPS) is 20.0. The third-order valence-electron chi connectivity index (χ3n) is 5.61. The van der Waals surface area contributed by atoms with Gasteiger partial charge in [0.05, 0.1) is 16.6 Å². The van der Waals surface area contributed by atoms with Gasteiger partial charge in [-0.05, 0) is 39.3 Å². The lowest BCUT2D eigenvalue weighted by Gasteiger charge is -2.21. The van der Waals surface area contributed by atoms with E-state index >= 15 is 4.39 Å². The topological polar surface area (TPSA) is 97.8 Å². The minimum atomic E-state index is -1.47. The van der Waals surface area contributed by atoms with Gasteiger partial charge in [-0.2, -0.15) is 0 Å². The molecule has 4 rings (SSSR count). The fraction of sp³-hybridized carbons (Fsp3) is 0.474. The van der Waals surface area contributed by atoms with Crippen molar-refractivity contribution in [2.75, 3.05) is 25.9 Å². The molecule has 1 aromatic carbocycles. The van der Waals surface area contributed by atoms with Crippen LogP contribution in [0.15, 0.2) is 11.0 Å². The molecule has 0 amide bonds. The van der Waals surface area contributed by atoms with Gasteiger partial charge in [0.25, 0.3) is 0 Å². The number of nitrogens with zero attached hydrogens (tertiary/aromatic N) is 2. The molecule has 0 spiro atoms. The summed E-state index contributed by atoms with van der Waals surface area (Å²) in [6.45, 7) is 0.980. The number of benzene rings is 1. The third kappa shape index (κ3) is 2.90. The highest BCUT2D eigenvalue weighted by molar-refractivity contribution is 5.98. The average molecular weight is 393 g/mol. The van der Waals surface area contributed by atoms with Crippen molar-refractivity contribution in [1.82, 2.24) is 9.47 Å². The predicted octanol–water partition coefficient (Wildman–Crippen LogP) is 2.37. The van der Waals surface area contributed by atoms with Crippen molar-refractivity contribution in [3.63, 3.8) is 0 Å². The Balaban J connectivity index is 1.89. The van der Waals surface area contributed by atoms with E-state index in [1.54, 1.807) is 0 Å². The molecule has 2 fully saturated rings. The highest BCUT2D eigenvalue weighted by Crippen LogP contribution is 2.41. The summed E-state index contributed by atoms with van der Waals surface area (Å²) in [7, 11) is 1.92. The van der Waals surface area contributed by atoms with Gasteiger partial charge in [0.1, 0.15) is 12.2 Å². The minimum Gasteiger partial charge on any atom is -0.486 e. The number of halogens is 2. The summed E-state index contributed by atoms with van der Waals surface area (Å²) in [6.07, 6.45) is 4.36. The summed E-state index contributed by atoms with van der Waals surface area (Å²) < 4.78 is 37.0. The largest absolute Gasteiger partial charge is 0.486 e. The lowest BCUT2D eigenvalue weighted by molar-refractivity contribution is 0.0695. The summed E-state index contributed by atoms with van der Waals surface area (Å²) in [5, 5.41) is 8.84. The van der Waals surface area contributed by atoms with Crippen LogP contribution in [0, 0.1) is 11.6 Å². The monoisotopic (exact) mass is 393 g/mol. The zero-order valence-corrected chi connectivity index (χ0v) is 15.4. The number of carboxylic acids is 1. The summed E-state index contributed by atoms with van der Waals surface area (Å²) >= 11 is 0. The van der Waals surface area contributed by atoms with Crippen molar-refractivity contribution in [1.29, 1.82) is 0 Å². The Bertz CT molecular complexity index is 1030. The van der Waals surface area contributed by atoms with Crippen molar-refractivity contribution in [2.24, 2.45) is 0 Å². The van der Waals surface area contributed by atoms with E-state index in [2.05, 4.69) is 4.90 Å². The third-order valence-corrected chi connectivity index (χ3v) is 5.61. The quantitative estimate of drug-likeness (QED) is 0.757. The molecule has 1 aliphatic heterocycles. The lowest BCUT2D eigenvalue weighted by Crippen LogP contribution is -2.31. The lowest BCUT2D eigenvalue weighted by atomic mass is 10.1. The van der Waals surface area contributed by atoms with Crippen molar-refractivity contribution >= 4 is 22.6 Å². The number of aromatic nitrogens is 1. The van der Waals surface area contributed by atoms with Crippen molar-refractivity contribution in [3.05, 3.63) is 33.6 Å². The molecule has 2 heterocycles. The Hall–Kier alpha value is -2.68. The van der Waals surface area contributed by atoms with E-state index < -0.39 is 45.4 Å². The summed E-state index contributed by atoms with van der Waals surface area (Å²) in [5.74, 6) is -4.29. The molecule has 1 atom stereocenters. The van der Waals surface area contributed by atoms with E-state index in [1.165, 1.54) is 4.57 Å². The molecular weight excluding hydrogens is 372 g/mol. The van der Waals surface area contributed by atoms with E-state index in [-0.39, 0.29) is 24.2 Å². The number of carboxylic acid groups (broad SMARTS) is 1. The van der Waals surface area contributed by atoms with Gasteiger partial charge in [-0.25, -0.2) is 13.6 Å². The standard InChI is InChI=1S/C19H21F2N3O4/c1-23-6-2-3-10(23)8-28-18-13(20)15(22)12-16(14(18)21)24(9-4-5-9)7-11(17(12)25)19(26)27/h7,9-10H,2-6,8,22H2,1H3,(H,26,27)/t10-/m0/s1. The summed E-state index contributed by atoms with van der Waals surface area (Å²) in [4.78, 5) is 26.0. The number of carbonyl (C=O) groups is 1. The van der Waals surface area contributed by atoms with Crippen LogP contribution in [0.1, 0.15) is 42.1 Å². The number of pyridine rings is 1. The summed E-state index contributed by atoms with van der Waals surface area (Å²) in [6, 6.07) is -0.120. The molecule has 1 saturated carbocycles. The molecule has 9 heteroatoms. The Labute approximate surface area is 159 Å². The molecule has 0 bridgehead atoms. The first-order valence-corrected chi connectivity index (χ1v) is 9.22. The molecule has 150 valence electrons. The van der Waals surface area contributed by atoms with Gasteiger partial charge < -0.3 is 25.0 Å².